The molecular formula is C16H25Cl3N2O5. The molecular weight excluding hydrogens is 407 g/mol. The van der Waals surface area contributed by atoms with Gasteiger partial charge in [-0.25, -0.2) is 5.43 Å². The molecule has 0 aromatic rings. The first kappa shape index (κ1) is 23.3. The lowest BCUT2D eigenvalue weighted by Gasteiger charge is -2.34. The van der Waals surface area contributed by atoms with E-state index >= 15 is 0 Å². The molecule has 7 nitrogen and oxygen atoms in total. The van der Waals surface area contributed by atoms with Crippen molar-refractivity contribution in [2.24, 2.45) is 5.92 Å². The predicted octanol–water partition coefficient (Wildman–Crippen LogP) is 2.76. The van der Waals surface area contributed by atoms with Gasteiger partial charge in [-0.05, 0) is 33.6 Å². The topological polar surface area (TPSA) is 84.9 Å². The standard InChI is InChI=1S/C16H25Cl3N2O5/c1-10(8-12(22)26-15(2,3)4)13(23)21-7-5-6-11(20-21)14(24)25-9-16(17,18)19/h10-11,20H,5-9H2,1-4H3/t10-,11+/m1/s1. The lowest BCUT2D eigenvalue weighted by molar-refractivity contribution is -0.160. The number of nitrogens with zero attached hydrogens (tertiary/aromatic N) is 1. The zero-order valence-corrected chi connectivity index (χ0v) is 17.6. The smallest absolute Gasteiger partial charge is 0.325 e. The van der Waals surface area contributed by atoms with Gasteiger partial charge in [-0.15, -0.1) is 0 Å². The summed E-state index contributed by atoms with van der Waals surface area (Å²) >= 11 is 16.7. The van der Waals surface area contributed by atoms with E-state index in [1.54, 1.807) is 27.7 Å². The largest absolute Gasteiger partial charge is 0.460 e. The molecule has 10 heteroatoms. The maximum Gasteiger partial charge on any atom is 0.325 e. The van der Waals surface area contributed by atoms with Crippen LogP contribution in [-0.4, -0.2) is 51.4 Å². The summed E-state index contributed by atoms with van der Waals surface area (Å²) in [6, 6.07) is -0.714. The van der Waals surface area contributed by atoms with Crippen LogP contribution in [0.15, 0.2) is 0 Å². The second-order valence-electron chi connectivity index (χ2n) is 7.23. The van der Waals surface area contributed by atoms with E-state index in [1.807, 2.05) is 0 Å². The van der Waals surface area contributed by atoms with E-state index < -0.39 is 33.3 Å². The van der Waals surface area contributed by atoms with Crippen LogP contribution in [0.4, 0.5) is 0 Å². The van der Waals surface area contributed by atoms with Crippen molar-refractivity contribution in [1.82, 2.24) is 10.4 Å². The number of esters is 2. The molecule has 26 heavy (non-hydrogen) atoms. The quantitative estimate of drug-likeness (QED) is 0.532. The Kier molecular flexibility index (Phi) is 8.45. The molecule has 0 saturated carbocycles. The number of ether oxygens (including phenoxy) is 2. The highest BCUT2D eigenvalue weighted by molar-refractivity contribution is 6.67. The fourth-order valence-corrected chi connectivity index (χ4v) is 2.52. The Balaban J connectivity index is 2.56. The summed E-state index contributed by atoms with van der Waals surface area (Å²) in [5.74, 6) is -1.94. The molecule has 150 valence electrons. The molecule has 1 heterocycles. The average Bonchev–Trinajstić information content (AvgIpc) is 2.49. The number of halogens is 3. The van der Waals surface area contributed by atoms with Gasteiger partial charge in [0.05, 0.1) is 6.42 Å². The van der Waals surface area contributed by atoms with Crippen molar-refractivity contribution in [3.8, 4) is 0 Å². The first-order chi connectivity index (χ1) is 11.8. The van der Waals surface area contributed by atoms with Crippen LogP contribution in [0.3, 0.4) is 0 Å². The van der Waals surface area contributed by atoms with Crippen molar-refractivity contribution >= 4 is 52.6 Å². The minimum Gasteiger partial charge on any atom is -0.460 e. The minimum absolute atomic E-state index is 0.0450. The van der Waals surface area contributed by atoms with E-state index in [1.165, 1.54) is 5.01 Å². The molecule has 1 aliphatic rings. The van der Waals surface area contributed by atoms with Crippen molar-refractivity contribution in [2.45, 2.75) is 62.4 Å². The van der Waals surface area contributed by atoms with E-state index in [4.69, 9.17) is 44.3 Å². The van der Waals surface area contributed by atoms with E-state index in [2.05, 4.69) is 5.43 Å². The van der Waals surface area contributed by atoms with Gasteiger partial charge in [-0.1, -0.05) is 41.7 Å². The van der Waals surface area contributed by atoms with Gasteiger partial charge in [0.15, 0.2) is 0 Å². The van der Waals surface area contributed by atoms with Crippen LogP contribution in [0.1, 0.15) is 47.0 Å². The zero-order chi connectivity index (χ0) is 20.1. The Morgan fingerprint density at radius 3 is 2.38 bits per heavy atom. The Morgan fingerprint density at radius 2 is 1.85 bits per heavy atom. The molecule has 1 amide bonds. The predicted molar refractivity (Wildman–Crippen MR) is 98.7 cm³/mol. The summed E-state index contributed by atoms with van der Waals surface area (Å²) in [5.41, 5.74) is 2.21. The Labute approximate surface area is 168 Å². The first-order valence-corrected chi connectivity index (χ1v) is 9.44. The van der Waals surface area contributed by atoms with Crippen LogP contribution in [0, 0.1) is 5.92 Å². The molecule has 2 atom stereocenters. The van der Waals surface area contributed by atoms with Crippen LogP contribution in [0.25, 0.3) is 0 Å². The number of hydrogen-bond acceptors (Lipinski definition) is 6. The maximum atomic E-state index is 12.5. The van der Waals surface area contributed by atoms with Crippen LogP contribution in [0.2, 0.25) is 0 Å². The molecule has 0 spiro atoms. The van der Waals surface area contributed by atoms with Gasteiger partial charge >= 0.3 is 11.9 Å². The number of nitrogens with one attached hydrogen (secondary N) is 1. The second-order valence-corrected chi connectivity index (χ2v) is 9.74. The van der Waals surface area contributed by atoms with Gasteiger partial charge in [0, 0.05) is 12.5 Å². The Morgan fingerprint density at radius 1 is 1.23 bits per heavy atom. The summed E-state index contributed by atoms with van der Waals surface area (Å²) in [7, 11) is 0. The molecule has 1 fully saturated rings. The molecule has 0 radical (unpaired) electrons. The zero-order valence-electron chi connectivity index (χ0n) is 15.3. The third kappa shape index (κ3) is 8.75. The summed E-state index contributed by atoms with van der Waals surface area (Å²) in [6.45, 7) is 6.97. The van der Waals surface area contributed by atoms with Crippen LogP contribution in [-0.2, 0) is 23.9 Å². The highest BCUT2D eigenvalue weighted by Gasteiger charge is 2.33. The van der Waals surface area contributed by atoms with Crippen molar-refractivity contribution < 1.29 is 23.9 Å². The number of amides is 1. The molecule has 0 aliphatic carbocycles. The second kappa shape index (κ2) is 9.44. The minimum atomic E-state index is -1.69. The van der Waals surface area contributed by atoms with Gasteiger partial charge in [-0.3, -0.25) is 19.4 Å². The monoisotopic (exact) mass is 430 g/mol. The third-order valence-corrected chi connectivity index (χ3v) is 3.76. The molecule has 0 unspecified atom stereocenters. The summed E-state index contributed by atoms with van der Waals surface area (Å²) in [5, 5.41) is 1.33. The number of rotatable bonds is 5. The highest BCUT2D eigenvalue weighted by atomic mass is 35.6. The van der Waals surface area contributed by atoms with Gasteiger partial charge in [0.1, 0.15) is 18.2 Å². The van der Waals surface area contributed by atoms with Crippen LogP contribution < -0.4 is 5.43 Å². The van der Waals surface area contributed by atoms with Crippen molar-refractivity contribution in [2.75, 3.05) is 13.2 Å². The lowest BCUT2D eigenvalue weighted by atomic mass is 10.0. The van der Waals surface area contributed by atoms with Crippen molar-refractivity contribution in [3.63, 3.8) is 0 Å². The summed E-state index contributed by atoms with van der Waals surface area (Å²) in [6.07, 6.45) is 1.05. The lowest BCUT2D eigenvalue weighted by Crippen LogP contribution is -2.56. The SMILES string of the molecule is C[C@H](CC(=O)OC(C)(C)C)C(=O)N1CCC[C@@H](C(=O)OCC(Cl)(Cl)Cl)N1. The van der Waals surface area contributed by atoms with Gasteiger partial charge in [-0.2, -0.15) is 0 Å². The summed E-state index contributed by atoms with van der Waals surface area (Å²) < 4.78 is 8.48. The first-order valence-electron chi connectivity index (χ1n) is 8.31. The molecule has 1 saturated heterocycles. The highest BCUT2D eigenvalue weighted by Crippen LogP contribution is 2.26. The van der Waals surface area contributed by atoms with E-state index in [0.29, 0.717) is 19.4 Å². The van der Waals surface area contributed by atoms with E-state index in [9.17, 15) is 14.4 Å². The molecule has 1 N–H and O–H groups in total. The third-order valence-electron chi connectivity index (χ3n) is 3.43. The van der Waals surface area contributed by atoms with E-state index in [-0.39, 0.29) is 18.9 Å². The van der Waals surface area contributed by atoms with Crippen LogP contribution in [0.5, 0.6) is 0 Å². The number of carbonyl (C=O) groups is 3. The van der Waals surface area contributed by atoms with Gasteiger partial charge < -0.3 is 9.47 Å². The number of carbonyl (C=O) groups excluding carboxylic acids is 3. The Hall–Kier alpha value is -0.760. The number of hydrazine groups is 1. The number of hydrogen-bond donors (Lipinski definition) is 1. The fourth-order valence-electron chi connectivity index (χ4n) is 2.36. The van der Waals surface area contributed by atoms with Gasteiger partial charge in [0.2, 0.25) is 9.70 Å². The fraction of sp³-hybridized carbons (Fsp3) is 0.812. The molecule has 0 aromatic carbocycles. The molecule has 1 aliphatic heterocycles. The van der Waals surface area contributed by atoms with Gasteiger partial charge in [0.25, 0.3) is 0 Å². The maximum absolute atomic E-state index is 12.5. The van der Waals surface area contributed by atoms with Crippen LogP contribution >= 0.6 is 34.8 Å². The average molecular weight is 432 g/mol. The van der Waals surface area contributed by atoms with E-state index in [0.717, 1.165) is 0 Å². The molecule has 1 rings (SSSR count). The molecule has 0 bridgehead atoms. The van der Waals surface area contributed by atoms with Crippen molar-refractivity contribution in [3.05, 3.63) is 0 Å². The molecule has 0 aromatic heterocycles. The summed E-state index contributed by atoms with van der Waals surface area (Å²) in [4.78, 5) is 36.5. The number of alkyl halides is 3. The Bertz CT molecular complexity index is 531. The normalized spacial score (nSPS) is 19.7. The van der Waals surface area contributed by atoms with Crippen molar-refractivity contribution in [1.29, 1.82) is 0 Å².